The molecule has 0 saturated heterocycles. The molecule has 4 aliphatic carbocycles. The molecule has 0 aliphatic heterocycles. The Morgan fingerprint density at radius 1 is 0.884 bits per heavy atom. The summed E-state index contributed by atoms with van der Waals surface area (Å²) in [6.45, 7) is 12.7. The Morgan fingerprint density at radius 2 is 1.60 bits per heavy atom. The van der Waals surface area contributed by atoms with Crippen molar-refractivity contribution in [2.24, 2.45) is 46.3 Å². The number of benzene rings is 2. The summed E-state index contributed by atoms with van der Waals surface area (Å²) in [5.74, 6) is 4.73. The third kappa shape index (κ3) is 6.20. The van der Waals surface area contributed by atoms with Crippen LogP contribution < -0.4 is 4.46 Å². The van der Waals surface area contributed by atoms with Crippen LogP contribution in [-0.4, -0.2) is 27.0 Å². The van der Waals surface area contributed by atoms with Crippen molar-refractivity contribution in [1.29, 1.82) is 0 Å². The number of ether oxygens (including phenoxy) is 1. The molecule has 0 N–H and O–H groups in total. The molecule has 2 aromatic carbocycles. The standard InChI is InChI=1S/C40H54O2Se/c1-27(2)13-12-14-28(3)33-19-20-34-37-35(22-24-40(33,34)5)39(4)23-21-31(42-38(41)29-15-8-6-9-16-29)25-30(39)26-36(37)43-32-17-10-7-11-18-32/h6-11,15-18,26-28,31,33-37H,12-14,19-25H2,1-5H3/t28-,31+,33-,34+,35+,36+,37+,39+,40-/m1/s1. The quantitative estimate of drug-likeness (QED) is 0.154. The third-order valence-corrected chi connectivity index (χ3v) is 15.2. The molecule has 2 nitrogen and oxygen atoms in total. The average Bonchev–Trinajstić information content (AvgIpc) is 3.36. The molecule has 43 heavy (non-hydrogen) atoms. The molecule has 0 radical (unpaired) electrons. The summed E-state index contributed by atoms with van der Waals surface area (Å²) < 4.78 is 7.69. The van der Waals surface area contributed by atoms with Crippen molar-refractivity contribution in [3.8, 4) is 0 Å². The van der Waals surface area contributed by atoms with Crippen LogP contribution in [0.25, 0.3) is 0 Å². The van der Waals surface area contributed by atoms with Gasteiger partial charge in [0.2, 0.25) is 0 Å². The number of carbonyl (C=O) groups excluding carboxylic acids is 1. The van der Waals surface area contributed by atoms with Crippen molar-refractivity contribution in [3.63, 3.8) is 0 Å². The maximum atomic E-state index is 13.0. The van der Waals surface area contributed by atoms with Gasteiger partial charge in [0.05, 0.1) is 0 Å². The summed E-state index contributed by atoms with van der Waals surface area (Å²) in [5, 5.41) is 0. The number of hydrogen-bond acceptors (Lipinski definition) is 2. The van der Waals surface area contributed by atoms with Gasteiger partial charge in [0.1, 0.15) is 0 Å². The molecule has 4 aliphatic rings. The SMILES string of the molecule is CC(C)CCC[C@@H](C)[C@H]1CC[C@H]2[C@@H]3[C@@H]([Se]c4ccccc4)C=C4C[C@@H](OC(=O)c5ccccc5)CC[C@]4(C)[C@H]3CC[C@]12C. The number of carbonyl (C=O) groups is 1. The molecule has 2 aromatic rings. The fourth-order valence-electron chi connectivity index (χ4n) is 10.3. The van der Waals surface area contributed by atoms with Gasteiger partial charge in [-0.2, -0.15) is 0 Å². The summed E-state index contributed by atoms with van der Waals surface area (Å²) in [7, 11) is 0. The zero-order valence-electron chi connectivity index (χ0n) is 27.3. The molecular formula is C40H54O2Se. The fraction of sp³-hybridized carbons (Fsp3) is 0.625. The van der Waals surface area contributed by atoms with Crippen LogP contribution in [0.3, 0.4) is 0 Å². The van der Waals surface area contributed by atoms with Gasteiger partial charge in [-0.25, -0.2) is 0 Å². The van der Waals surface area contributed by atoms with Gasteiger partial charge in [0.25, 0.3) is 0 Å². The Labute approximate surface area is 268 Å². The normalized spacial score (nSPS) is 35.8. The molecule has 0 heterocycles. The van der Waals surface area contributed by atoms with Crippen molar-refractivity contribution >= 4 is 25.4 Å². The summed E-state index contributed by atoms with van der Waals surface area (Å²) in [4.78, 5) is 13.6. The first-order chi connectivity index (χ1) is 20.7. The Morgan fingerprint density at radius 3 is 2.33 bits per heavy atom. The van der Waals surface area contributed by atoms with E-state index in [-0.39, 0.29) is 17.5 Å². The van der Waals surface area contributed by atoms with Crippen molar-refractivity contribution in [3.05, 3.63) is 77.9 Å². The first kappa shape index (κ1) is 31.2. The first-order valence-corrected chi connectivity index (χ1v) is 19.2. The minimum atomic E-state index is -0.165. The summed E-state index contributed by atoms with van der Waals surface area (Å²) in [6, 6.07) is 20.9. The van der Waals surface area contributed by atoms with Crippen LogP contribution in [0.2, 0.25) is 4.82 Å². The molecular weight excluding hydrogens is 591 g/mol. The van der Waals surface area contributed by atoms with Crippen LogP contribution in [0.5, 0.6) is 0 Å². The molecule has 0 amide bonds. The van der Waals surface area contributed by atoms with Crippen LogP contribution in [0, 0.1) is 46.3 Å². The molecule has 0 bridgehead atoms. The number of allylic oxidation sites excluding steroid dienone is 1. The zero-order valence-corrected chi connectivity index (χ0v) is 29.0. The second-order valence-electron chi connectivity index (χ2n) is 15.5. The van der Waals surface area contributed by atoms with Gasteiger partial charge >= 0.3 is 269 Å². The van der Waals surface area contributed by atoms with Gasteiger partial charge < -0.3 is 0 Å². The minimum absolute atomic E-state index is 0.00939. The molecule has 9 atom stereocenters. The van der Waals surface area contributed by atoms with E-state index in [4.69, 9.17) is 4.74 Å². The van der Waals surface area contributed by atoms with Crippen LogP contribution in [-0.2, 0) is 4.74 Å². The van der Waals surface area contributed by atoms with Crippen molar-refractivity contribution < 1.29 is 9.53 Å². The van der Waals surface area contributed by atoms with Crippen LogP contribution in [0.15, 0.2) is 72.3 Å². The molecule has 3 heteroatoms. The van der Waals surface area contributed by atoms with Gasteiger partial charge in [-0.15, -0.1) is 0 Å². The van der Waals surface area contributed by atoms with Crippen molar-refractivity contribution in [1.82, 2.24) is 0 Å². The van der Waals surface area contributed by atoms with Gasteiger partial charge in [-0.3, -0.25) is 0 Å². The van der Waals surface area contributed by atoms with Crippen molar-refractivity contribution in [2.75, 3.05) is 0 Å². The summed E-state index contributed by atoms with van der Waals surface area (Å²) in [6.07, 6.45) is 15.6. The molecule has 0 spiro atoms. The zero-order chi connectivity index (χ0) is 30.2. The molecule has 0 unspecified atom stereocenters. The van der Waals surface area contributed by atoms with E-state index >= 15 is 0 Å². The van der Waals surface area contributed by atoms with E-state index in [1.54, 1.807) is 5.57 Å². The Kier molecular flexibility index (Phi) is 9.34. The first-order valence-electron chi connectivity index (χ1n) is 17.4. The Hall–Kier alpha value is -1.83. The number of rotatable bonds is 9. The van der Waals surface area contributed by atoms with Crippen LogP contribution in [0.1, 0.15) is 109 Å². The predicted molar refractivity (Wildman–Crippen MR) is 180 cm³/mol. The van der Waals surface area contributed by atoms with Gasteiger partial charge in [0, 0.05) is 0 Å². The molecule has 3 saturated carbocycles. The fourth-order valence-corrected chi connectivity index (χ4v) is 13.2. The molecule has 6 rings (SSSR count). The van der Waals surface area contributed by atoms with E-state index in [2.05, 4.69) is 71.0 Å². The molecule has 3 fully saturated rings. The van der Waals surface area contributed by atoms with Gasteiger partial charge in [-0.05, 0) is 0 Å². The maximum absolute atomic E-state index is 13.0. The van der Waals surface area contributed by atoms with E-state index in [0.717, 1.165) is 54.8 Å². The Bertz CT molecular complexity index is 1270. The predicted octanol–water partition coefficient (Wildman–Crippen LogP) is 9.68. The monoisotopic (exact) mass is 646 g/mol. The number of esters is 1. The summed E-state index contributed by atoms with van der Waals surface area (Å²) >= 11 is 0.408. The van der Waals surface area contributed by atoms with E-state index in [1.165, 1.54) is 49.4 Å². The average molecular weight is 646 g/mol. The Balaban J connectivity index is 1.27. The topological polar surface area (TPSA) is 26.3 Å². The number of fused-ring (bicyclic) bond motifs is 5. The summed E-state index contributed by atoms with van der Waals surface area (Å²) in [5.41, 5.74) is 2.99. The van der Waals surface area contributed by atoms with Crippen LogP contribution >= 0.6 is 0 Å². The second kappa shape index (κ2) is 12.9. The van der Waals surface area contributed by atoms with Crippen LogP contribution in [0.4, 0.5) is 0 Å². The number of hydrogen-bond donors (Lipinski definition) is 0. The van der Waals surface area contributed by atoms with E-state index in [0.29, 0.717) is 30.8 Å². The van der Waals surface area contributed by atoms with E-state index in [9.17, 15) is 4.79 Å². The third-order valence-electron chi connectivity index (χ3n) is 12.6. The molecule has 0 aromatic heterocycles. The van der Waals surface area contributed by atoms with Crippen molar-refractivity contribution in [2.45, 2.75) is 110 Å². The van der Waals surface area contributed by atoms with E-state index < -0.39 is 0 Å². The van der Waals surface area contributed by atoms with E-state index in [1.807, 2.05) is 30.3 Å². The van der Waals surface area contributed by atoms with Gasteiger partial charge in [0.15, 0.2) is 0 Å². The molecule has 232 valence electrons. The van der Waals surface area contributed by atoms with Gasteiger partial charge in [-0.1, -0.05) is 0 Å². The second-order valence-corrected chi connectivity index (χ2v) is 18.1.